The third kappa shape index (κ3) is 3.48. The fraction of sp³-hybridized carbons (Fsp3) is 0.0667. The molecule has 0 unspecified atom stereocenters. The molecule has 0 bridgehead atoms. The Balaban J connectivity index is 1.96. The average molecular weight is 257 g/mol. The van der Waals surface area contributed by atoms with Crippen LogP contribution in [0.5, 0.6) is 0 Å². The molecule has 0 atom stereocenters. The highest BCUT2D eigenvalue weighted by Crippen LogP contribution is 2.04. The zero-order valence-electron chi connectivity index (χ0n) is 10.1. The van der Waals surface area contributed by atoms with Crippen molar-refractivity contribution in [1.82, 2.24) is 5.32 Å². The highest BCUT2D eigenvalue weighted by atomic mass is 19.1. The molecule has 0 fully saturated rings. The van der Waals surface area contributed by atoms with Gasteiger partial charge in [-0.3, -0.25) is 9.59 Å². The first-order valence-electron chi connectivity index (χ1n) is 5.79. The molecule has 2 rings (SSSR count). The predicted octanol–water partition coefficient (Wildman–Crippen LogP) is 2.32. The van der Waals surface area contributed by atoms with Gasteiger partial charge in [0.25, 0.3) is 5.91 Å². The Kier molecular flexibility index (Phi) is 4.03. The van der Waals surface area contributed by atoms with Gasteiger partial charge in [0.1, 0.15) is 5.82 Å². The van der Waals surface area contributed by atoms with E-state index in [-0.39, 0.29) is 12.1 Å². The largest absolute Gasteiger partial charge is 0.345 e. The molecule has 0 aliphatic heterocycles. The molecule has 3 nitrogen and oxygen atoms in total. The van der Waals surface area contributed by atoms with Gasteiger partial charge in [-0.2, -0.15) is 0 Å². The molecular formula is C15H12FNO2. The van der Waals surface area contributed by atoms with Crippen molar-refractivity contribution in [3.05, 3.63) is 71.5 Å². The standard InChI is InChI=1S/C15H12FNO2/c16-13-8-6-12(7-9-13)14(18)15(19)17-10-11-4-2-1-3-5-11/h1-9H,10H2,(H,17,19). The molecule has 0 spiro atoms. The van der Waals surface area contributed by atoms with E-state index in [0.717, 1.165) is 17.7 Å². The number of nitrogens with one attached hydrogen (secondary N) is 1. The molecule has 1 amide bonds. The predicted molar refractivity (Wildman–Crippen MR) is 69.0 cm³/mol. The van der Waals surface area contributed by atoms with E-state index in [1.807, 2.05) is 30.3 Å². The molecule has 4 heteroatoms. The summed E-state index contributed by atoms with van der Waals surface area (Å²) >= 11 is 0. The first-order valence-corrected chi connectivity index (χ1v) is 5.79. The number of carbonyl (C=O) groups is 2. The van der Waals surface area contributed by atoms with E-state index in [9.17, 15) is 14.0 Å². The minimum absolute atomic E-state index is 0.173. The van der Waals surface area contributed by atoms with Crippen molar-refractivity contribution < 1.29 is 14.0 Å². The van der Waals surface area contributed by atoms with Crippen molar-refractivity contribution in [2.24, 2.45) is 0 Å². The molecule has 96 valence electrons. The van der Waals surface area contributed by atoms with Gasteiger partial charge in [0, 0.05) is 12.1 Å². The van der Waals surface area contributed by atoms with Gasteiger partial charge in [0.15, 0.2) is 0 Å². The van der Waals surface area contributed by atoms with Crippen LogP contribution in [0, 0.1) is 5.82 Å². The number of Topliss-reactive ketones (excluding diaryl/α,β-unsaturated/α-hetero) is 1. The van der Waals surface area contributed by atoms with Crippen molar-refractivity contribution in [2.75, 3.05) is 0 Å². The van der Waals surface area contributed by atoms with Gasteiger partial charge in [-0.25, -0.2) is 4.39 Å². The number of halogens is 1. The Labute approximate surface area is 110 Å². The Morgan fingerprint density at radius 3 is 2.21 bits per heavy atom. The first-order chi connectivity index (χ1) is 9.16. The molecule has 0 radical (unpaired) electrons. The molecule has 0 aromatic heterocycles. The van der Waals surface area contributed by atoms with E-state index in [2.05, 4.69) is 5.32 Å². The quantitative estimate of drug-likeness (QED) is 0.675. The third-order valence-electron chi connectivity index (χ3n) is 2.61. The summed E-state index contributed by atoms with van der Waals surface area (Å²) in [6.07, 6.45) is 0. The van der Waals surface area contributed by atoms with Crippen molar-refractivity contribution >= 4 is 11.7 Å². The lowest BCUT2D eigenvalue weighted by molar-refractivity contribution is -0.117. The summed E-state index contributed by atoms with van der Waals surface area (Å²) < 4.78 is 12.7. The SMILES string of the molecule is O=C(NCc1ccccc1)C(=O)c1ccc(F)cc1. The minimum atomic E-state index is -0.699. The van der Waals surface area contributed by atoms with Crippen molar-refractivity contribution in [2.45, 2.75) is 6.54 Å². The number of benzene rings is 2. The van der Waals surface area contributed by atoms with Crippen LogP contribution in [-0.4, -0.2) is 11.7 Å². The summed E-state index contributed by atoms with van der Waals surface area (Å²) in [4.78, 5) is 23.4. The molecule has 0 heterocycles. The number of hydrogen-bond donors (Lipinski definition) is 1. The molecule has 0 saturated heterocycles. The van der Waals surface area contributed by atoms with Gasteiger partial charge in [-0.1, -0.05) is 30.3 Å². The van der Waals surface area contributed by atoms with E-state index < -0.39 is 17.5 Å². The van der Waals surface area contributed by atoms with Crippen LogP contribution in [0.4, 0.5) is 4.39 Å². The van der Waals surface area contributed by atoms with Gasteiger partial charge in [-0.15, -0.1) is 0 Å². The number of hydrogen-bond acceptors (Lipinski definition) is 2. The van der Waals surface area contributed by atoms with E-state index in [1.54, 1.807) is 0 Å². The van der Waals surface area contributed by atoms with E-state index >= 15 is 0 Å². The van der Waals surface area contributed by atoms with E-state index in [4.69, 9.17) is 0 Å². The van der Waals surface area contributed by atoms with Crippen molar-refractivity contribution in [3.63, 3.8) is 0 Å². The molecule has 1 N–H and O–H groups in total. The van der Waals surface area contributed by atoms with Gasteiger partial charge < -0.3 is 5.32 Å². The van der Waals surface area contributed by atoms with Crippen LogP contribution < -0.4 is 5.32 Å². The average Bonchev–Trinajstić information content (AvgIpc) is 2.46. The maximum absolute atomic E-state index is 12.7. The lowest BCUT2D eigenvalue weighted by atomic mass is 10.1. The Morgan fingerprint density at radius 2 is 1.58 bits per heavy atom. The molecule has 19 heavy (non-hydrogen) atoms. The summed E-state index contributed by atoms with van der Waals surface area (Å²) in [7, 11) is 0. The molecule has 2 aromatic carbocycles. The van der Waals surface area contributed by atoms with E-state index in [1.165, 1.54) is 12.1 Å². The van der Waals surface area contributed by atoms with Crippen LogP contribution in [0.3, 0.4) is 0 Å². The number of rotatable bonds is 4. The number of amides is 1. The second kappa shape index (κ2) is 5.91. The second-order valence-electron chi connectivity index (χ2n) is 4.00. The van der Waals surface area contributed by atoms with Crippen LogP contribution >= 0.6 is 0 Å². The minimum Gasteiger partial charge on any atom is -0.345 e. The summed E-state index contributed by atoms with van der Waals surface area (Å²) in [6.45, 7) is 0.284. The van der Waals surface area contributed by atoms with Gasteiger partial charge in [0.05, 0.1) is 0 Å². The van der Waals surface area contributed by atoms with Crippen LogP contribution in [0.15, 0.2) is 54.6 Å². The molecule has 0 aliphatic carbocycles. The molecule has 0 saturated carbocycles. The van der Waals surface area contributed by atoms with Gasteiger partial charge in [0.2, 0.25) is 5.78 Å². The fourth-order valence-electron chi connectivity index (χ4n) is 1.59. The Morgan fingerprint density at radius 1 is 0.947 bits per heavy atom. The fourth-order valence-corrected chi connectivity index (χ4v) is 1.59. The van der Waals surface area contributed by atoms with Gasteiger partial charge >= 0.3 is 0 Å². The van der Waals surface area contributed by atoms with Crippen LogP contribution in [0.25, 0.3) is 0 Å². The lowest BCUT2D eigenvalue weighted by Crippen LogP contribution is -2.30. The van der Waals surface area contributed by atoms with E-state index in [0.29, 0.717) is 0 Å². The van der Waals surface area contributed by atoms with Crippen molar-refractivity contribution in [3.8, 4) is 0 Å². The normalized spacial score (nSPS) is 9.95. The highest BCUT2D eigenvalue weighted by molar-refractivity contribution is 6.42. The Bertz CT molecular complexity index is 579. The maximum Gasteiger partial charge on any atom is 0.292 e. The smallest absolute Gasteiger partial charge is 0.292 e. The summed E-state index contributed by atoms with van der Waals surface area (Å²) in [6, 6.07) is 14.2. The van der Waals surface area contributed by atoms with Crippen molar-refractivity contribution in [1.29, 1.82) is 0 Å². The third-order valence-corrected chi connectivity index (χ3v) is 2.61. The summed E-state index contributed by atoms with van der Waals surface area (Å²) in [5.74, 6) is -1.81. The highest BCUT2D eigenvalue weighted by Gasteiger charge is 2.15. The summed E-state index contributed by atoms with van der Waals surface area (Å²) in [5, 5.41) is 2.53. The molecular weight excluding hydrogens is 245 g/mol. The molecule has 0 aliphatic rings. The maximum atomic E-state index is 12.7. The van der Waals surface area contributed by atoms with Crippen LogP contribution in [0.2, 0.25) is 0 Å². The lowest BCUT2D eigenvalue weighted by Gasteiger charge is -2.04. The number of carbonyl (C=O) groups excluding carboxylic acids is 2. The van der Waals surface area contributed by atoms with Gasteiger partial charge in [-0.05, 0) is 29.8 Å². The topological polar surface area (TPSA) is 46.2 Å². The van der Waals surface area contributed by atoms with Crippen LogP contribution in [0.1, 0.15) is 15.9 Å². The monoisotopic (exact) mass is 257 g/mol. The Hall–Kier alpha value is -2.49. The summed E-state index contributed by atoms with van der Waals surface area (Å²) in [5.41, 5.74) is 1.08. The number of ketones is 1. The zero-order chi connectivity index (χ0) is 13.7. The zero-order valence-corrected chi connectivity index (χ0v) is 10.1. The first kappa shape index (κ1) is 13.0. The molecule has 2 aromatic rings. The second-order valence-corrected chi connectivity index (χ2v) is 4.00. The van der Waals surface area contributed by atoms with Crippen LogP contribution in [-0.2, 0) is 11.3 Å².